The minimum absolute atomic E-state index is 0.171. The number of rotatable bonds is 4. The molecule has 0 saturated heterocycles. The topological polar surface area (TPSA) is 126 Å². The van der Waals surface area contributed by atoms with Crippen LogP contribution in [-0.2, 0) is 0 Å². The van der Waals surface area contributed by atoms with Crippen LogP contribution >= 0.6 is 0 Å². The summed E-state index contributed by atoms with van der Waals surface area (Å²) < 4.78 is 17.5. The molecular weight excluding hydrogens is 361 g/mol. The smallest absolute Gasteiger partial charge is 0.144 e. The summed E-state index contributed by atoms with van der Waals surface area (Å²) >= 11 is 0. The molecule has 2 aromatic carbocycles. The number of anilines is 2. The average Bonchev–Trinajstić information content (AvgIpc) is 2.70. The standard InChI is InChI=1S/C9H12N4O.C8H10FN3.C2H6/c1-7(10)13(12-11)8-5-3-4-6-9(8)14-2;1-6(10)12(11)8-4-2-7(9)3-5-8;1-2/h3-6,10-11H,1-2H3;2-5,10H,11H2,1H3;1-2H3. The van der Waals surface area contributed by atoms with Crippen molar-refractivity contribution >= 4 is 23.0 Å². The summed E-state index contributed by atoms with van der Waals surface area (Å²) in [5.74, 6) is 6.14. The molecule has 0 atom stereocenters. The molecule has 0 fully saturated rings. The van der Waals surface area contributed by atoms with E-state index in [0.717, 1.165) is 0 Å². The van der Waals surface area contributed by atoms with Gasteiger partial charge in [-0.1, -0.05) is 31.2 Å². The SMILES string of the molecule is CC.CC(=N)N(N)c1ccc(F)cc1.COc1ccccc1N(N=N)C(C)=N. The number of hydrogen-bond donors (Lipinski definition) is 4. The van der Waals surface area contributed by atoms with Crippen molar-refractivity contribution in [2.75, 3.05) is 17.1 Å². The fourth-order valence-corrected chi connectivity index (χ4v) is 1.91. The van der Waals surface area contributed by atoms with E-state index in [1.54, 1.807) is 39.2 Å². The molecule has 0 heterocycles. The lowest BCUT2D eigenvalue weighted by Crippen LogP contribution is -2.34. The predicted octanol–water partition coefficient (Wildman–Crippen LogP) is 4.97. The molecule has 0 bridgehead atoms. The highest BCUT2D eigenvalue weighted by molar-refractivity contribution is 5.94. The van der Waals surface area contributed by atoms with Gasteiger partial charge in [-0.05, 0) is 50.2 Å². The Hall–Kier alpha value is -3.33. The Labute approximate surface area is 165 Å². The van der Waals surface area contributed by atoms with Crippen molar-refractivity contribution in [1.29, 1.82) is 16.3 Å². The molecule has 0 aliphatic carbocycles. The summed E-state index contributed by atoms with van der Waals surface area (Å²) in [5.41, 5.74) is 8.15. The Balaban J connectivity index is 0.000000483. The molecule has 2 aromatic rings. The summed E-state index contributed by atoms with van der Waals surface area (Å²) in [6.07, 6.45) is 0. The fourth-order valence-electron chi connectivity index (χ4n) is 1.91. The molecule has 0 aromatic heterocycles. The number of para-hydroxylation sites is 2. The van der Waals surface area contributed by atoms with Crippen LogP contribution in [0.4, 0.5) is 15.8 Å². The van der Waals surface area contributed by atoms with Crippen LogP contribution in [-0.4, -0.2) is 18.8 Å². The molecule has 0 unspecified atom stereocenters. The second kappa shape index (κ2) is 12.9. The average molecular weight is 389 g/mol. The van der Waals surface area contributed by atoms with E-state index in [0.29, 0.717) is 17.1 Å². The predicted molar refractivity (Wildman–Crippen MR) is 112 cm³/mol. The number of halogens is 1. The van der Waals surface area contributed by atoms with Crippen molar-refractivity contribution < 1.29 is 9.13 Å². The lowest BCUT2D eigenvalue weighted by molar-refractivity contribution is 0.415. The van der Waals surface area contributed by atoms with Crippen LogP contribution in [0.25, 0.3) is 0 Å². The van der Waals surface area contributed by atoms with Crippen molar-refractivity contribution in [2.24, 2.45) is 11.1 Å². The van der Waals surface area contributed by atoms with E-state index in [-0.39, 0.29) is 17.5 Å². The Morgan fingerprint density at radius 3 is 1.96 bits per heavy atom. The number of amidine groups is 2. The number of nitrogens with zero attached hydrogens (tertiary/aromatic N) is 3. The molecule has 9 heteroatoms. The highest BCUT2D eigenvalue weighted by Gasteiger charge is 2.11. The second-order valence-electron chi connectivity index (χ2n) is 5.10. The van der Waals surface area contributed by atoms with E-state index in [1.165, 1.54) is 34.3 Å². The van der Waals surface area contributed by atoms with Crippen LogP contribution < -0.4 is 20.6 Å². The van der Waals surface area contributed by atoms with Crippen molar-refractivity contribution in [3.8, 4) is 5.75 Å². The van der Waals surface area contributed by atoms with Gasteiger partial charge in [0.25, 0.3) is 0 Å². The minimum Gasteiger partial charge on any atom is -0.494 e. The Bertz CT molecular complexity index is 765. The van der Waals surface area contributed by atoms with E-state index in [2.05, 4.69) is 5.22 Å². The van der Waals surface area contributed by atoms with Gasteiger partial charge in [-0.25, -0.2) is 10.2 Å². The van der Waals surface area contributed by atoms with Crippen LogP contribution in [0.1, 0.15) is 27.7 Å². The fraction of sp³-hybridized carbons (Fsp3) is 0.263. The third kappa shape index (κ3) is 7.50. The highest BCUT2D eigenvalue weighted by atomic mass is 19.1. The van der Waals surface area contributed by atoms with E-state index in [1.807, 2.05) is 19.9 Å². The first-order chi connectivity index (χ1) is 13.3. The van der Waals surface area contributed by atoms with Crippen molar-refractivity contribution in [1.82, 2.24) is 0 Å². The first-order valence-corrected chi connectivity index (χ1v) is 8.53. The van der Waals surface area contributed by atoms with Crippen LogP contribution in [0, 0.1) is 22.2 Å². The molecule has 28 heavy (non-hydrogen) atoms. The Morgan fingerprint density at radius 2 is 1.54 bits per heavy atom. The van der Waals surface area contributed by atoms with Crippen LogP contribution in [0.2, 0.25) is 0 Å². The highest BCUT2D eigenvalue weighted by Crippen LogP contribution is 2.27. The molecule has 0 spiro atoms. The summed E-state index contributed by atoms with van der Waals surface area (Å²) in [5, 5.41) is 20.2. The van der Waals surface area contributed by atoms with Gasteiger partial charge in [0.2, 0.25) is 0 Å². The van der Waals surface area contributed by atoms with Crippen molar-refractivity contribution in [3.05, 3.63) is 54.3 Å². The Morgan fingerprint density at radius 1 is 1.00 bits per heavy atom. The maximum absolute atomic E-state index is 12.4. The number of hydrazine groups is 1. The van der Waals surface area contributed by atoms with Gasteiger partial charge in [0.15, 0.2) is 0 Å². The molecule has 0 amide bonds. The first kappa shape index (κ1) is 24.7. The maximum Gasteiger partial charge on any atom is 0.144 e. The van der Waals surface area contributed by atoms with Gasteiger partial charge < -0.3 is 4.74 Å². The van der Waals surface area contributed by atoms with E-state index < -0.39 is 0 Å². The zero-order valence-electron chi connectivity index (χ0n) is 16.8. The third-order valence-electron chi connectivity index (χ3n) is 3.20. The monoisotopic (exact) mass is 389 g/mol. The van der Waals surface area contributed by atoms with Gasteiger partial charge in [0, 0.05) is 0 Å². The Kier molecular flexibility index (Phi) is 11.4. The lowest BCUT2D eigenvalue weighted by Gasteiger charge is -2.17. The van der Waals surface area contributed by atoms with E-state index >= 15 is 0 Å². The number of ether oxygens (including phenoxy) is 1. The third-order valence-corrected chi connectivity index (χ3v) is 3.20. The zero-order chi connectivity index (χ0) is 21.7. The summed E-state index contributed by atoms with van der Waals surface area (Å²) in [4.78, 5) is 0. The molecule has 0 aliphatic heterocycles. The van der Waals surface area contributed by atoms with Gasteiger partial charge in [0.1, 0.15) is 28.9 Å². The largest absolute Gasteiger partial charge is 0.494 e. The normalized spacial score (nSPS) is 8.96. The first-order valence-electron chi connectivity index (χ1n) is 8.53. The van der Waals surface area contributed by atoms with Crippen LogP contribution in [0.15, 0.2) is 53.8 Å². The number of nitrogens with two attached hydrogens (primary N) is 1. The van der Waals surface area contributed by atoms with Gasteiger partial charge in [-0.3, -0.25) is 15.8 Å². The number of nitrogens with one attached hydrogen (secondary N) is 3. The molecular formula is C19H28FN7O. The van der Waals surface area contributed by atoms with Crippen LogP contribution in [0.3, 0.4) is 0 Å². The summed E-state index contributed by atoms with van der Waals surface area (Å²) in [7, 11) is 1.54. The van der Waals surface area contributed by atoms with Gasteiger partial charge >= 0.3 is 0 Å². The summed E-state index contributed by atoms with van der Waals surface area (Å²) in [6, 6.07) is 12.8. The molecule has 8 nitrogen and oxygen atoms in total. The molecule has 5 N–H and O–H groups in total. The van der Waals surface area contributed by atoms with Crippen molar-refractivity contribution in [2.45, 2.75) is 27.7 Å². The molecule has 152 valence electrons. The van der Waals surface area contributed by atoms with Crippen LogP contribution in [0.5, 0.6) is 5.75 Å². The molecule has 0 aliphatic rings. The number of hydrogen-bond acceptors (Lipinski definition) is 6. The summed E-state index contributed by atoms with van der Waals surface area (Å²) in [6.45, 7) is 7.12. The van der Waals surface area contributed by atoms with Gasteiger partial charge in [-0.15, -0.1) is 0 Å². The molecule has 0 saturated carbocycles. The van der Waals surface area contributed by atoms with Crippen molar-refractivity contribution in [3.63, 3.8) is 0 Å². The second-order valence-corrected chi connectivity index (χ2v) is 5.10. The minimum atomic E-state index is -0.310. The van der Waals surface area contributed by atoms with E-state index in [4.69, 9.17) is 26.9 Å². The zero-order valence-corrected chi connectivity index (χ0v) is 16.8. The quantitative estimate of drug-likeness (QED) is 0.193. The van der Waals surface area contributed by atoms with Gasteiger partial charge in [0.05, 0.1) is 12.8 Å². The molecule has 0 radical (unpaired) electrons. The maximum atomic E-state index is 12.4. The lowest BCUT2D eigenvalue weighted by atomic mass is 10.3. The molecule has 2 rings (SSSR count). The van der Waals surface area contributed by atoms with Gasteiger partial charge in [-0.2, -0.15) is 10.5 Å². The number of benzene rings is 2. The number of methoxy groups -OCH3 is 1. The van der Waals surface area contributed by atoms with E-state index in [9.17, 15) is 4.39 Å².